The molecule has 1 N–H and O–H groups in total. The molecule has 0 saturated heterocycles. The van der Waals surface area contributed by atoms with Crippen LogP contribution in [0.2, 0.25) is 0 Å². The molecule has 6 nitrogen and oxygen atoms in total. The zero-order valence-electron chi connectivity index (χ0n) is 16.9. The van der Waals surface area contributed by atoms with Gasteiger partial charge in [-0.2, -0.15) is 0 Å². The number of ether oxygens (including phenoxy) is 1. The Bertz CT molecular complexity index is 904. The van der Waals surface area contributed by atoms with Crippen molar-refractivity contribution in [3.05, 3.63) is 23.6 Å². The van der Waals surface area contributed by atoms with E-state index in [0.717, 1.165) is 23.4 Å². The average molecular weight is 414 g/mol. The number of aromatic nitrogens is 1. The fourth-order valence-corrected chi connectivity index (χ4v) is 4.86. The van der Waals surface area contributed by atoms with E-state index < -0.39 is 6.10 Å². The number of rotatable bonds is 5. The largest absolute Gasteiger partial charge is 0.479 e. The van der Waals surface area contributed by atoms with E-state index in [0.29, 0.717) is 23.2 Å². The third-order valence-electron chi connectivity index (χ3n) is 5.85. The minimum absolute atomic E-state index is 0.0367. The molecular formula is C22H27N3O3S. The highest BCUT2D eigenvalue weighted by atomic mass is 32.1. The van der Waals surface area contributed by atoms with Gasteiger partial charge in [0.2, 0.25) is 5.91 Å². The second-order valence-corrected chi connectivity index (χ2v) is 8.83. The van der Waals surface area contributed by atoms with Gasteiger partial charge in [-0.25, -0.2) is 4.98 Å². The summed E-state index contributed by atoms with van der Waals surface area (Å²) in [6.07, 6.45) is 7.49. The third-order valence-corrected chi connectivity index (χ3v) is 6.61. The quantitative estimate of drug-likeness (QED) is 0.760. The second kappa shape index (κ2) is 8.53. The van der Waals surface area contributed by atoms with Crippen LogP contribution in [0.5, 0.6) is 5.75 Å². The minimum atomic E-state index is -0.479. The first-order valence-corrected chi connectivity index (χ1v) is 11.2. The lowest BCUT2D eigenvalue weighted by atomic mass is 9.86. The molecule has 2 heterocycles. The summed E-state index contributed by atoms with van der Waals surface area (Å²) in [5, 5.41) is 5.47. The second-order valence-electron chi connectivity index (χ2n) is 7.97. The van der Waals surface area contributed by atoms with E-state index in [9.17, 15) is 9.59 Å². The number of benzene rings is 1. The van der Waals surface area contributed by atoms with Gasteiger partial charge in [-0.05, 0) is 37.5 Å². The zero-order chi connectivity index (χ0) is 20.4. The number of amides is 2. The highest BCUT2D eigenvalue weighted by Gasteiger charge is 2.29. The Balaban J connectivity index is 1.40. The van der Waals surface area contributed by atoms with Crippen LogP contribution in [-0.4, -0.2) is 29.9 Å². The summed E-state index contributed by atoms with van der Waals surface area (Å²) in [6.45, 7) is 1.75. The number of thiazole rings is 1. The van der Waals surface area contributed by atoms with Gasteiger partial charge < -0.3 is 15.0 Å². The van der Waals surface area contributed by atoms with Crippen LogP contribution in [0.15, 0.2) is 23.6 Å². The van der Waals surface area contributed by atoms with Crippen molar-refractivity contribution in [1.29, 1.82) is 0 Å². The molecule has 1 aliphatic carbocycles. The van der Waals surface area contributed by atoms with Crippen molar-refractivity contribution in [1.82, 2.24) is 4.98 Å². The number of likely N-dealkylation sites (N-methyl/N-ethyl adjacent to an activating group) is 1. The molecule has 1 aromatic carbocycles. The first-order chi connectivity index (χ1) is 14.0. The number of carbonyl (C=O) groups is 2. The van der Waals surface area contributed by atoms with Crippen molar-refractivity contribution in [3.8, 4) is 17.0 Å². The standard InChI is InChI=1S/C22H27N3O3S/c1-14-21(27)25(2)18-12-16(9-10-19(18)28-14)17-13-29-22(23-17)24-20(26)11-8-15-6-4-3-5-7-15/h9-10,12-15H,3-8,11H2,1-2H3,(H,23,24,26). The zero-order valence-corrected chi connectivity index (χ0v) is 17.8. The Morgan fingerprint density at radius 3 is 2.90 bits per heavy atom. The van der Waals surface area contributed by atoms with Gasteiger partial charge in [0.05, 0.1) is 11.4 Å². The van der Waals surface area contributed by atoms with Crippen LogP contribution >= 0.6 is 11.3 Å². The fraction of sp³-hybridized carbons (Fsp3) is 0.500. The molecule has 0 bridgehead atoms. The lowest BCUT2D eigenvalue weighted by molar-refractivity contribution is -0.125. The molecule has 0 radical (unpaired) electrons. The van der Waals surface area contributed by atoms with Gasteiger partial charge in [-0.15, -0.1) is 11.3 Å². The molecule has 2 aromatic rings. The SMILES string of the molecule is CC1Oc2ccc(-c3csc(NC(=O)CCC4CCCCC4)n3)cc2N(C)C1=O. The normalized spacial score (nSPS) is 19.6. The van der Waals surface area contributed by atoms with Crippen LogP contribution < -0.4 is 15.0 Å². The number of anilines is 2. The van der Waals surface area contributed by atoms with Gasteiger partial charge in [-0.1, -0.05) is 32.1 Å². The third kappa shape index (κ3) is 4.45. The summed E-state index contributed by atoms with van der Waals surface area (Å²) in [4.78, 5) is 30.7. The average Bonchev–Trinajstić information content (AvgIpc) is 3.19. The van der Waals surface area contributed by atoms with Crippen molar-refractivity contribution < 1.29 is 14.3 Å². The number of hydrogen-bond acceptors (Lipinski definition) is 5. The number of hydrogen-bond donors (Lipinski definition) is 1. The Morgan fingerprint density at radius 2 is 2.10 bits per heavy atom. The first kappa shape index (κ1) is 19.9. The predicted octanol–water partition coefficient (Wildman–Crippen LogP) is 4.85. The molecule has 1 fully saturated rings. The van der Waals surface area contributed by atoms with Crippen LogP contribution in [0, 0.1) is 5.92 Å². The van der Waals surface area contributed by atoms with E-state index in [1.807, 2.05) is 23.6 Å². The van der Waals surface area contributed by atoms with E-state index in [2.05, 4.69) is 10.3 Å². The summed E-state index contributed by atoms with van der Waals surface area (Å²) in [7, 11) is 1.75. The maximum Gasteiger partial charge on any atom is 0.267 e. The highest BCUT2D eigenvalue weighted by Crippen LogP contribution is 2.37. The molecule has 1 unspecified atom stereocenters. The van der Waals surface area contributed by atoms with Crippen molar-refractivity contribution >= 4 is 34.0 Å². The van der Waals surface area contributed by atoms with E-state index in [1.54, 1.807) is 18.9 Å². The van der Waals surface area contributed by atoms with Crippen molar-refractivity contribution in [3.63, 3.8) is 0 Å². The van der Waals surface area contributed by atoms with Gasteiger partial charge in [0.25, 0.3) is 5.91 Å². The molecule has 2 aliphatic rings. The van der Waals surface area contributed by atoms with E-state index in [-0.39, 0.29) is 11.8 Å². The molecule has 0 spiro atoms. The summed E-state index contributed by atoms with van der Waals surface area (Å²) in [5.74, 6) is 1.35. The van der Waals surface area contributed by atoms with Crippen molar-refractivity contribution in [2.75, 3.05) is 17.3 Å². The first-order valence-electron chi connectivity index (χ1n) is 10.4. The van der Waals surface area contributed by atoms with Gasteiger partial charge in [0.1, 0.15) is 5.75 Å². The van der Waals surface area contributed by atoms with Crippen LogP contribution in [-0.2, 0) is 9.59 Å². The minimum Gasteiger partial charge on any atom is -0.479 e. The molecule has 1 aliphatic heterocycles. The van der Waals surface area contributed by atoms with Gasteiger partial charge >= 0.3 is 0 Å². The maximum atomic E-state index is 12.3. The Kier molecular flexibility index (Phi) is 5.85. The Morgan fingerprint density at radius 1 is 1.31 bits per heavy atom. The lowest BCUT2D eigenvalue weighted by Gasteiger charge is -2.30. The van der Waals surface area contributed by atoms with E-state index in [4.69, 9.17) is 4.74 Å². The fourth-order valence-electron chi connectivity index (χ4n) is 4.13. The molecule has 4 rings (SSSR count). The van der Waals surface area contributed by atoms with Crippen LogP contribution in [0.3, 0.4) is 0 Å². The summed E-state index contributed by atoms with van der Waals surface area (Å²) in [6, 6.07) is 5.70. The molecule has 7 heteroatoms. The van der Waals surface area contributed by atoms with E-state index in [1.165, 1.54) is 43.4 Å². The molecule has 1 aromatic heterocycles. The van der Waals surface area contributed by atoms with E-state index >= 15 is 0 Å². The number of nitrogens with zero attached hydrogens (tertiary/aromatic N) is 2. The molecule has 2 amide bonds. The molecule has 1 saturated carbocycles. The number of carbonyl (C=O) groups excluding carboxylic acids is 2. The molecule has 1 atom stereocenters. The van der Waals surface area contributed by atoms with Crippen molar-refractivity contribution in [2.24, 2.45) is 5.92 Å². The summed E-state index contributed by atoms with van der Waals surface area (Å²) in [5.41, 5.74) is 2.40. The van der Waals surface area contributed by atoms with Crippen LogP contribution in [0.25, 0.3) is 11.3 Å². The highest BCUT2D eigenvalue weighted by molar-refractivity contribution is 7.14. The van der Waals surface area contributed by atoms with Gasteiger partial charge in [0.15, 0.2) is 11.2 Å². The van der Waals surface area contributed by atoms with Gasteiger partial charge in [0, 0.05) is 24.4 Å². The Hall–Kier alpha value is -2.41. The maximum absolute atomic E-state index is 12.3. The smallest absolute Gasteiger partial charge is 0.267 e. The Labute approximate surface area is 175 Å². The molecule has 29 heavy (non-hydrogen) atoms. The van der Waals surface area contributed by atoms with Gasteiger partial charge in [-0.3, -0.25) is 9.59 Å². The van der Waals surface area contributed by atoms with Crippen LogP contribution in [0.1, 0.15) is 51.9 Å². The number of nitrogens with one attached hydrogen (secondary N) is 1. The monoisotopic (exact) mass is 413 g/mol. The number of fused-ring (bicyclic) bond motifs is 1. The van der Waals surface area contributed by atoms with Crippen molar-refractivity contribution in [2.45, 2.75) is 58.0 Å². The topological polar surface area (TPSA) is 71.5 Å². The predicted molar refractivity (Wildman–Crippen MR) is 115 cm³/mol. The summed E-state index contributed by atoms with van der Waals surface area (Å²) >= 11 is 1.42. The lowest BCUT2D eigenvalue weighted by Crippen LogP contribution is -2.41. The van der Waals surface area contributed by atoms with Crippen LogP contribution in [0.4, 0.5) is 10.8 Å². The summed E-state index contributed by atoms with van der Waals surface area (Å²) < 4.78 is 5.67. The molecule has 154 valence electrons. The molecular weight excluding hydrogens is 386 g/mol.